The van der Waals surface area contributed by atoms with Gasteiger partial charge in [0.05, 0.1) is 39.7 Å². The van der Waals surface area contributed by atoms with Crippen molar-refractivity contribution in [2.75, 3.05) is 5.32 Å². The van der Waals surface area contributed by atoms with Crippen molar-refractivity contribution < 1.29 is 14.1 Å². The minimum Gasteiger partial charge on any atom is -0.463 e. The van der Waals surface area contributed by atoms with Crippen LogP contribution in [0.25, 0.3) is 28.2 Å². The molecular weight excluding hydrogens is 450 g/mol. The number of aromatic nitrogens is 5. The van der Waals surface area contributed by atoms with Crippen molar-refractivity contribution >= 4 is 28.4 Å². The number of aryl methyl sites for hydroxylation is 1. The van der Waals surface area contributed by atoms with Crippen molar-refractivity contribution in [1.29, 1.82) is 0 Å². The Bertz CT molecular complexity index is 1550. The lowest BCUT2D eigenvalue weighted by Crippen LogP contribution is -2.16. The Hall–Kier alpha value is -4.80. The number of benzene rings is 1. The summed E-state index contributed by atoms with van der Waals surface area (Å²) in [6.07, 6.45) is 3.17. The minimum atomic E-state index is -0.469. The molecule has 5 aromatic rings. The Labute approximate surface area is 199 Å². The van der Waals surface area contributed by atoms with Crippen LogP contribution in [0.3, 0.4) is 0 Å². The summed E-state index contributed by atoms with van der Waals surface area (Å²) >= 11 is 0. The summed E-state index contributed by atoms with van der Waals surface area (Å²) in [5.41, 5.74) is 2.66. The largest absolute Gasteiger partial charge is 0.463 e. The molecular formula is C24H21N7O4. The number of nitrogens with zero attached hydrogens (tertiary/aromatic N) is 6. The fraction of sp³-hybridized carbons (Fsp3) is 0.167. The topological polar surface area (TPSA) is 134 Å². The molecule has 4 heterocycles. The molecule has 0 spiro atoms. The molecule has 0 saturated heterocycles. The highest BCUT2D eigenvalue weighted by Crippen LogP contribution is 2.28. The molecule has 176 valence electrons. The second-order valence-electron chi connectivity index (χ2n) is 8.26. The highest BCUT2D eigenvalue weighted by Gasteiger charge is 2.21. The van der Waals surface area contributed by atoms with Gasteiger partial charge in [0.15, 0.2) is 11.4 Å². The van der Waals surface area contributed by atoms with Crippen LogP contribution < -0.4 is 5.32 Å². The molecule has 0 fully saturated rings. The second kappa shape index (κ2) is 8.52. The van der Waals surface area contributed by atoms with Gasteiger partial charge >= 0.3 is 0 Å². The van der Waals surface area contributed by atoms with Gasteiger partial charge < -0.3 is 9.73 Å². The van der Waals surface area contributed by atoms with Crippen LogP contribution in [-0.2, 0) is 0 Å². The Balaban J connectivity index is 1.56. The number of nitro groups is 1. The number of rotatable bonds is 6. The fourth-order valence-electron chi connectivity index (χ4n) is 3.82. The van der Waals surface area contributed by atoms with Gasteiger partial charge in [-0.15, -0.1) is 0 Å². The molecule has 1 N–H and O–H groups in total. The number of hydrogen-bond donors (Lipinski definition) is 1. The number of furan rings is 1. The molecule has 0 unspecified atom stereocenters. The van der Waals surface area contributed by atoms with E-state index in [9.17, 15) is 14.9 Å². The number of fused-ring (bicyclic) bond motifs is 1. The van der Waals surface area contributed by atoms with E-state index in [0.29, 0.717) is 45.3 Å². The van der Waals surface area contributed by atoms with E-state index >= 15 is 0 Å². The molecule has 0 atom stereocenters. The second-order valence-corrected chi connectivity index (χ2v) is 8.26. The number of nitrogens with one attached hydrogen (secondary N) is 1. The van der Waals surface area contributed by atoms with Gasteiger partial charge in [-0.2, -0.15) is 10.2 Å². The van der Waals surface area contributed by atoms with E-state index in [1.165, 1.54) is 16.8 Å². The third-order valence-electron chi connectivity index (χ3n) is 5.45. The van der Waals surface area contributed by atoms with Crippen LogP contribution in [0.2, 0.25) is 0 Å². The predicted molar refractivity (Wildman–Crippen MR) is 129 cm³/mol. The number of pyridine rings is 1. The van der Waals surface area contributed by atoms with Crippen molar-refractivity contribution in [3.8, 4) is 17.1 Å². The lowest BCUT2D eigenvalue weighted by Gasteiger charge is -2.11. The quantitative estimate of drug-likeness (QED) is 0.274. The average molecular weight is 471 g/mol. The van der Waals surface area contributed by atoms with Crippen molar-refractivity contribution in [3.63, 3.8) is 0 Å². The molecule has 1 aromatic carbocycles. The highest BCUT2D eigenvalue weighted by atomic mass is 16.6. The Morgan fingerprint density at radius 2 is 1.94 bits per heavy atom. The fourth-order valence-corrected chi connectivity index (χ4v) is 3.82. The van der Waals surface area contributed by atoms with Crippen LogP contribution >= 0.6 is 0 Å². The van der Waals surface area contributed by atoms with Gasteiger partial charge in [-0.1, -0.05) is 0 Å². The summed E-state index contributed by atoms with van der Waals surface area (Å²) in [6.45, 7) is 5.77. The van der Waals surface area contributed by atoms with Crippen LogP contribution in [0.5, 0.6) is 0 Å². The van der Waals surface area contributed by atoms with Gasteiger partial charge in [0.25, 0.3) is 11.6 Å². The summed E-state index contributed by atoms with van der Waals surface area (Å²) in [5.74, 6) is 0.572. The molecule has 0 bridgehead atoms. The van der Waals surface area contributed by atoms with Gasteiger partial charge in [0, 0.05) is 24.2 Å². The smallest absolute Gasteiger partial charge is 0.269 e. The molecule has 0 radical (unpaired) electrons. The first-order chi connectivity index (χ1) is 16.8. The number of nitro benzene ring substituents is 1. The number of carbonyl (C=O) groups excluding carboxylic acids is 1. The Kier molecular flexibility index (Phi) is 5.36. The Morgan fingerprint density at radius 1 is 1.17 bits per heavy atom. The monoisotopic (exact) mass is 471 g/mol. The number of amides is 1. The van der Waals surface area contributed by atoms with E-state index in [-0.39, 0.29) is 17.6 Å². The molecule has 11 nitrogen and oxygen atoms in total. The maximum absolute atomic E-state index is 13.5. The van der Waals surface area contributed by atoms with Gasteiger partial charge in [0.1, 0.15) is 11.5 Å². The highest BCUT2D eigenvalue weighted by molar-refractivity contribution is 6.12. The van der Waals surface area contributed by atoms with Crippen molar-refractivity contribution in [3.05, 3.63) is 82.4 Å². The van der Waals surface area contributed by atoms with Crippen LogP contribution in [0.4, 0.5) is 11.5 Å². The summed E-state index contributed by atoms with van der Waals surface area (Å²) in [6, 6.07) is 12.9. The predicted octanol–water partition coefficient (Wildman–Crippen LogP) is 4.93. The van der Waals surface area contributed by atoms with E-state index in [4.69, 9.17) is 9.40 Å². The molecule has 0 saturated carbocycles. The van der Waals surface area contributed by atoms with Crippen LogP contribution in [0.1, 0.15) is 35.9 Å². The van der Waals surface area contributed by atoms with Gasteiger partial charge in [-0.25, -0.2) is 14.3 Å². The van der Waals surface area contributed by atoms with Crippen LogP contribution in [-0.4, -0.2) is 35.4 Å². The molecule has 0 aliphatic heterocycles. The van der Waals surface area contributed by atoms with Gasteiger partial charge in [-0.3, -0.25) is 14.9 Å². The lowest BCUT2D eigenvalue weighted by molar-refractivity contribution is -0.384. The molecule has 5 rings (SSSR count). The summed E-state index contributed by atoms with van der Waals surface area (Å²) in [5, 5.41) is 23.4. The van der Waals surface area contributed by atoms with Crippen molar-refractivity contribution in [2.24, 2.45) is 0 Å². The molecule has 35 heavy (non-hydrogen) atoms. The number of carbonyl (C=O) groups is 1. The number of non-ortho nitro benzene ring substituents is 1. The molecule has 11 heteroatoms. The van der Waals surface area contributed by atoms with Crippen LogP contribution in [0.15, 0.2) is 65.4 Å². The zero-order valence-corrected chi connectivity index (χ0v) is 19.2. The average Bonchev–Trinajstić information content (AvgIpc) is 3.58. The summed E-state index contributed by atoms with van der Waals surface area (Å²) in [4.78, 5) is 28.7. The maximum atomic E-state index is 13.5. The van der Waals surface area contributed by atoms with Crippen molar-refractivity contribution in [1.82, 2.24) is 24.5 Å². The minimum absolute atomic E-state index is 0.0324. The van der Waals surface area contributed by atoms with E-state index in [1.54, 1.807) is 60.5 Å². The van der Waals surface area contributed by atoms with Gasteiger partial charge in [-0.05, 0) is 51.1 Å². The van der Waals surface area contributed by atoms with E-state index < -0.39 is 4.92 Å². The third kappa shape index (κ3) is 4.03. The van der Waals surface area contributed by atoms with Gasteiger partial charge in [0.2, 0.25) is 0 Å². The Morgan fingerprint density at radius 3 is 2.60 bits per heavy atom. The zero-order valence-electron chi connectivity index (χ0n) is 19.2. The maximum Gasteiger partial charge on any atom is 0.269 e. The first-order valence-corrected chi connectivity index (χ1v) is 10.9. The third-order valence-corrected chi connectivity index (χ3v) is 5.45. The molecule has 0 aliphatic carbocycles. The van der Waals surface area contributed by atoms with E-state index in [1.807, 2.05) is 13.8 Å². The van der Waals surface area contributed by atoms with Crippen molar-refractivity contribution in [2.45, 2.75) is 26.8 Å². The van der Waals surface area contributed by atoms with E-state index in [2.05, 4.69) is 15.5 Å². The van der Waals surface area contributed by atoms with E-state index in [0.717, 1.165) is 0 Å². The zero-order chi connectivity index (χ0) is 24.7. The first-order valence-electron chi connectivity index (χ1n) is 10.9. The first kappa shape index (κ1) is 22.0. The molecule has 0 aliphatic rings. The molecule has 4 aromatic heterocycles. The molecule has 1 amide bonds. The lowest BCUT2D eigenvalue weighted by atomic mass is 10.1. The van der Waals surface area contributed by atoms with Crippen LogP contribution in [0, 0.1) is 17.0 Å². The number of hydrogen-bond acceptors (Lipinski definition) is 7. The number of anilines is 1. The normalized spacial score (nSPS) is 11.3. The standard InChI is InChI=1S/C24H21N7O4/c1-14(2)29-23-19(13-25-29)18(12-20(26-23)21-5-4-10-35-21)24(32)27-22-11-15(3)28-30(22)16-6-8-17(9-7-16)31(33)34/h4-14H,1-3H3,(H,27,32). The summed E-state index contributed by atoms with van der Waals surface area (Å²) < 4.78 is 8.80. The summed E-state index contributed by atoms with van der Waals surface area (Å²) in [7, 11) is 0. The SMILES string of the molecule is Cc1cc(NC(=O)c2cc(-c3ccco3)nc3c2cnn3C(C)C)n(-c2ccc([N+](=O)[O-])cc2)n1.